The van der Waals surface area contributed by atoms with Gasteiger partial charge in [0.25, 0.3) is 0 Å². The van der Waals surface area contributed by atoms with Gasteiger partial charge in [0.1, 0.15) is 22.9 Å². The Kier molecular flexibility index (Phi) is 7.09. The van der Waals surface area contributed by atoms with Gasteiger partial charge in [0.15, 0.2) is 0 Å². The van der Waals surface area contributed by atoms with Crippen molar-refractivity contribution in [3.8, 4) is 5.75 Å². The Balaban J connectivity index is 1.10. The van der Waals surface area contributed by atoms with Crippen LogP contribution in [0.4, 0.5) is 11.5 Å². The second-order valence-electron chi connectivity index (χ2n) is 9.86. The van der Waals surface area contributed by atoms with Crippen LogP contribution in [0, 0.1) is 5.92 Å². The third-order valence-corrected chi connectivity index (χ3v) is 7.48. The normalized spacial score (nSPS) is 23.1. The summed E-state index contributed by atoms with van der Waals surface area (Å²) in [5.74, 6) is 3.39. The van der Waals surface area contributed by atoms with E-state index in [0.29, 0.717) is 5.92 Å². The third kappa shape index (κ3) is 5.37. The molecule has 1 aromatic carbocycles. The standard InChI is InChI=1S/C27H34N6O3/c1-3-22(4-2-20(1)17-25-29-6-5-26(31-25)33-11-15-35-16-12-33)36-24-19-21(32-9-13-34-14-10-32)18-23-27(24)30-8-7-28-23/h5-8,18-20,22H,1-4,9-17H2. The van der Waals surface area contributed by atoms with Crippen molar-refractivity contribution >= 4 is 22.5 Å². The van der Waals surface area contributed by atoms with Crippen LogP contribution in [-0.4, -0.2) is 78.6 Å². The molecule has 3 aromatic rings. The van der Waals surface area contributed by atoms with Gasteiger partial charge in [-0.2, -0.15) is 0 Å². The molecule has 2 saturated heterocycles. The van der Waals surface area contributed by atoms with Gasteiger partial charge in [-0.25, -0.2) is 15.0 Å². The molecule has 9 heteroatoms. The number of anilines is 2. The maximum atomic E-state index is 6.59. The van der Waals surface area contributed by atoms with E-state index < -0.39 is 0 Å². The maximum absolute atomic E-state index is 6.59. The molecule has 0 unspecified atom stereocenters. The fraction of sp³-hybridized carbons (Fsp3) is 0.556. The van der Waals surface area contributed by atoms with E-state index in [1.807, 2.05) is 12.3 Å². The quantitative estimate of drug-likeness (QED) is 0.517. The highest BCUT2D eigenvalue weighted by Crippen LogP contribution is 2.34. The highest BCUT2D eigenvalue weighted by Gasteiger charge is 2.25. The number of fused-ring (bicyclic) bond motifs is 1. The summed E-state index contributed by atoms with van der Waals surface area (Å²) < 4.78 is 17.6. The van der Waals surface area contributed by atoms with Crippen LogP contribution in [0.2, 0.25) is 0 Å². The number of hydrogen-bond acceptors (Lipinski definition) is 9. The molecule has 36 heavy (non-hydrogen) atoms. The van der Waals surface area contributed by atoms with Gasteiger partial charge >= 0.3 is 0 Å². The maximum Gasteiger partial charge on any atom is 0.149 e. The minimum atomic E-state index is 0.187. The van der Waals surface area contributed by atoms with E-state index in [1.165, 1.54) is 0 Å². The third-order valence-electron chi connectivity index (χ3n) is 7.48. The average molecular weight is 491 g/mol. The van der Waals surface area contributed by atoms with Crippen molar-refractivity contribution in [2.75, 3.05) is 62.4 Å². The Morgan fingerprint density at radius 1 is 0.806 bits per heavy atom. The van der Waals surface area contributed by atoms with E-state index in [9.17, 15) is 0 Å². The number of rotatable bonds is 6. The fourth-order valence-electron chi connectivity index (χ4n) is 5.47. The fourth-order valence-corrected chi connectivity index (χ4v) is 5.47. The molecule has 3 aliphatic rings. The number of ether oxygens (including phenoxy) is 3. The first-order valence-electron chi connectivity index (χ1n) is 13.2. The number of morpholine rings is 2. The van der Waals surface area contributed by atoms with E-state index in [-0.39, 0.29) is 6.10 Å². The molecular weight excluding hydrogens is 456 g/mol. The van der Waals surface area contributed by atoms with Gasteiger partial charge in [0.2, 0.25) is 0 Å². The summed E-state index contributed by atoms with van der Waals surface area (Å²) in [7, 11) is 0. The van der Waals surface area contributed by atoms with Crippen LogP contribution >= 0.6 is 0 Å². The zero-order chi connectivity index (χ0) is 24.2. The predicted octanol–water partition coefficient (Wildman–Crippen LogP) is 3.27. The zero-order valence-electron chi connectivity index (χ0n) is 20.7. The monoisotopic (exact) mass is 490 g/mol. The lowest BCUT2D eigenvalue weighted by Crippen LogP contribution is -2.37. The summed E-state index contributed by atoms with van der Waals surface area (Å²) in [5, 5.41) is 0. The van der Waals surface area contributed by atoms with Crippen molar-refractivity contribution in [1.82, 2.24) is 19.9 Å². The Bertz CT molecular complexity index is 1160. The number of aromatic nitrogens is 4. The molecule has 0 N–H and O–H groups in total. The number of benzene rings is 1. The molecule has 2 aliphatic heterocycles. The number of hydrogen-bond donors (Lipinski definition) is 0. The summed E-state index contributed by atoms with van der Waals surface area (Å²) in [4.78, 5) is 23.2. The van der Waals surface area contributed by atoms with E-state index in [1.54, 1.807) is 12.4 Å². The van der Waals surface area contributed by atoms with Crippen LogP contribution in [0.5, 0.6) is 5.75 Å². The molecule has 0 spiro atoms. The highest BCUT2D eigenvalue weighted by molar-refractivity contribution is 5.85. The van der Waals surface area contributed by atoms with Crippen LogP contribution in [0.15, 0.2) is 36.8 Å². The molecular formula is C27H34N6O3. The Labute approximate surface area is 211 Å². The second-order valence-corrected chi connectivity index (χ2v) is 9.86. The minimum Gasteiger partial charge on any atom is -0.488 e. The molecule has 0 amide bonds. The van der Waals surface area contributed by atoms with Gasteiger partial charge in [-0.1, -0.05) is 0 Å². The largest absolute Gasteiger partial charge is 0.488 e. The van der Waals surface area contributed by atoms with Crippen LogP contribution in [0.1, 0.15) is 31.5 Å². The first-order valence-corrected chi connectivity index (χ1v) is 13.2. The van der Waals surface area contributed by atoms with Crippen LogP contribution in [0.3, 0.4) is 0 Å². The Hall–Kier alpha value is -3.04. The van der Waals surface area contributed by atoms with Gasteiger partial charge < -0.3 is 24.0 Å². The summed E-state index contributed by atoms with van der Waals surface area (Å²) in [6.07, 6.45) is 10.8. The van der Waals surface area contributed by atoms with E-state index in [4.69, 9.17) is 19.2 Å². The summed E-state index contributed by atoms with van der Waals surface area (Å²) >= 11 is 0. The van der Waals surface area contributed by atoms with Crippen molar-refractivity contribution in [3.05, 3.63) is 42.6 Å². The molecule has 2 aromatic heterocycles. The molecule has 6 rings (SSSR count). The average Bonchev–Trinajstić information content (AvgIpc) is 2.95. The SMILES string of the molecule is c1cc(N2CCOCC2)nc(CC2CCC(Oc3cc(N4CCOCC4)cc4nccnc34)CC2)n1. The van der Waals surface area contributed by atoms with Crippen molar-refractivity contribution in [2.24, 2.45) is 5.92 Å². The lowest BCUT2D eigenvalue weighted by Gasteiger charge is -2.31. The molecule has 9 nitrogen and oxygen atoms in total. The van der Waals surface area contributed by atoms with Crippen LogP contribution in [-0.2, 0) is 15.9 Å². The van der Waals surface area contributed by atoms with Crippen molar-refractivity contribution < 1.29 is 14.2 Å². The molecule has 0 atom stereocenters. The molecule has 1 aliphatic carbocycles. The highest BCUT2D eigenvalue weighted by atomic mass is 16.5. The zero-order valence-corrected chi connectivity index (χ0v) is 20.7. The van der Waals surface area contributed by atoms with Gasteiger partial charge in [0.05, 0.1) is 38.0 Å². The molecule has 0 radical (unpaired) electrons. The molecule has 1 saturated carbocycles. The van der Waals surface area contributed by atoms with Gasteiger partial charge in [0, 0.05) is 62.9 Å². The lowest BCUT2D eigenvalue weighted by molar-refractivity contribution is 0.122. The van der Waals surface area contributed by atoms with Gasteiger partial charge in [-0.3, -0.25) is 4.98 Å². The van der Waals surface area contributed by atoms with Crippen LogP contribution < -0.4 is 14.5 Å². The first-order chi connectivity index (χ1) is 17.8. The Morgan fingerprint density at radius 2 is 1.53 bits per heavy atom. The first kappa shape index (κ1) is 23.4. The minimum absolute atomic E-state index is 0.187. The molecule has 190 valence electrons. The second kappa shape index (κ2) is 10.9. The van der Waals surface area contributed by atoms with Crippen molar-refractivity contribution in [3.63, 3.8) is 0 Å². The van der Waals surface area contributed by atoms with Crippen molar-refractivity contribution in [2.45, 2.75) is 38.2 Å². The van der Waals surface area contributed by atoms with Gasteiger partial charge in [-0.05, 0) is 43.7 Å². The summed E-state index contributed by atoms with van der Waals surface area (Å²) in [6, 6.07) is 6.26. The van der Waals surface area contributed by atoms with Crippen LogP contribution in [0.25, 0.3) is 11.0 Å². The van der Waals surface area contributed by atoms with E-state index in [0.717, 1.165) is 119 Å². The van der Waals surface area contributed by atoms with Gasteiger partial charge in [-0.15, -0.1) is 0 Å². The summed E-state index contributed by atoms with van der Waals surface area (Å²) in [6.45, 7) is 6.57. The predicted molar refractivity (Wildman–Crippen MR) is 138 cm³/mol. The van der Waals surface area contributed by atoms with E-state index >= 15 is 0 Å². The summed E-state index contributed by atoms with van der Waals surface area (Å²) in [5.41, 5.74) is 2.85. The molecule has 0 bridgehead atoms. The van der Waals surface area contributed by atoms with E-state index in [2.05, 4.69) is 36.9 Å². The lowest BCUT2D eigenvalue weighted by atomic mass is 9.85. The number of nitrogens with zero attached hydrogens (tertiary/aromatic N) is 6. The topological polar surface area (TPSA) is 85.7 Å². The smallest absolute Gasteiger partial charge is 0.149 e. The molecule has 4 heterocycles. The van der Waals surface area contributed by atoms with Crippen molar-refractivity contribution in [1.29, 1.82) is 0 Å². The Morgan fingerprint density at radius 3 is 2.31 bits per heavy atom. The molecule has 3 fully saturated rings.